The van der Waals surface area contributed by atoms with Gasteiger partial charge in [0, 0.05) is 30.7 Å². The number of amides is 1. The molecular formula is C30H33NO8. The van der Waals surface area contributed by atoms with E-state index in [2.05, 4.69) is 12.2 Å². The van der Waals surface area contributed by atoms with Crippen LogP contribution in [0.3, 0.4) is 0 Å². The largest absolute Gasteiger partial charge is 0.493 e. The van der Waals surface area contributed by atoms with Crippen molar-refractivity contribution >= 4 is 28.9 Å². The van der Waals surface area contributed by atoms with E-state index < -0.39 is 17.5 Å². The SMILES string of the molecule is CCCCCOc1ccc(/C=C/C(=O)Oc2ccc3cc(C(=O)NCC4CCCO4)c(=O)oc3c2)cc1OC. The van der Waals surface area contributed by atoms with Gasteiger partial charge in [-0.05, 0) is 61.2 Å². The third-order valence-electron chi connectivity index (χ3n) is 6.29. The molecule has 3 aromatic rings. The van der Waals surface area contributed by atoms with Crippen LogP contribution in [0.5, 0.6) is 17.2 Å². The van der Waals surface area contributed by atoms with Gasteiger partial charge in [-0.25, -0.2) is 9.59 Å². The number of fused-ring (bicyclic) bond motifs is 1. The molecule has 0 spiro atoms. The maximum absolute atomic E-state index is 12.5. The summed E-state index contributed by atoms with van der Waals surface area (Å²) in [7, 11) is 1.56. The van der Waals surface area contributed by atoms with Crippen molar-refractivity contribution in [2.24, 2.45) is 0 Å². The van der Waals surface area contributed by atoms with Gasteiger partial charge in [-0.1, -0.05) is 25.8 Å². The van der Waals surface area contributed by atoms with Gasteiger partial charge in [0.1, 0.15) is 16.9 Å². The average molecular weight is 536 g/mol. The standard InChI is InChI=1S/C30H33NO8/c1-3-4-5-14-37-25-12-8-20(16-27(25)35-2)9-13-28(32)38-22-11-10-21-17-24(30(34)39-26(21)18-22)29(33)31-19-23-7-6-15-36-23/h8-13,16-18,23H,3-7,14-15,19H2,1-2H3,(H,31,33)/b13-9+. The fraction of sp³-hybridized carbons (Fsp3) is 0.367. The first-order valence-corrected chi connectivity index (χ1v) is 13.1. The zero-order chi connectivity index (χ0) is 27.6. The summed E-state index contributed by atoms with van der Waals surface area (Å²) in [5.41, 5.74) is 0.0622. The molecule has 1 aliphatic heterocycles. The summed E-state index contributed by atoms with van der Waals surface area (Å²) in [5, 5.41) is 3.24. The minimum absolute atomic E-state index is 0.0385. The number of nitrogens with one attached hydrogen (secondary N) is 1. The number of carbonyl (C=O) groups excluding carboxylic acids is 2. The lowest BCUT2D eigenvalue weighted by Gasteiger charge is -2.11. The first-order chi connectivity index (χ1) is 19.0. The van der Waals surface area contributed by atoms with E-state index in [0.717, 1.165) is 37.7 Å². The minimum atomic E-state index is -0.776. The quantitative estimate of drug-likeness (QED) is 0.115. The molecule has 2 aromatic carbocycles. The number of methoxy groups -OCH3 is 1. The molecule has 0 bridgehead atoms. The van der Waals surface area contributed by atoms with Crippen LogP contribution in [0.25, 0.3) is 17.0 Å². The number of rotatable bonds is 12. The lowest BCUT2D eigenvalue weighted by Crippen LogP contribution is -2.34. The van der Waals surface area contributed by atoms with Crippen molar-refractivity contribution in [1.82, 2.24) is 5.32 Å². The van der Waals surface area contributed by atoms with E-state index in [9.17, 15) is 14.4 Å². The van der Waals surface area contributed by atoms with Crippen molar-refractivity contribution in [2.75, 3.05) is 26.9 Å². The van der Waals surface area contributed by atoms with Crippen LogP contribution in [0.1, 0.15) is 54.9 Å². The highest BCUT2D eigenvalue weighted by molar-refractivity contribution is 5.97. The van der Waals surface area contributed by atoms with E-state index in [0.29, 0.717) is 36.6 Å². The molecule has 1 N–H and O–H groups in total. The predicted octanol–water partition coefficient (Wildman–Crippen LogP) is 4.90. The summed E-state index contributed by atoms with van der Waals surface area (Å²) in [6.45, 7) is 3.76. The summed E-state index contributed by atoms with van der Waals surface area (Å²) in [6.07, 6.45) is 7.87. The van der Waals surface area contributed by atoms with Crippen LogP contribution in [-0.4, -0.2) is 44.8 Å². The molecule has 0 radical (unpaired) electrons. The predicted molar refractivity (Wildman–Crippen MR) is 146 cm³/mol. The molecule has 1 atom stereocenters. The number of hydrogen-bond acceptors (Lipinski definition) is 8. The second-order valence-corrected chi connectivity index (χ2v) is 9.21. The Morgan fingerprint density at radius 3 is 2.74 bits per heavy atom. The summed E-state index contributed by atoms with van der Waals surface area (Å²) in [4.78, 5) is 37.3. The number of esters is 1. The Morgan fingerprint density at radius 2 is 1.97 bits per heavy atom. The molecule has 2 heterocycles. The van der Waals surface area contributed by atoms with Gasteiger partial charge in [-0.2, -0.15) is 0 Å². The van der Waals surface area contributed by atoms with Gasteiger partial charge in [0.15, 0.2) is 11.5 Å². The molecule has 39 heavy (non-hydrogen) atoms. The Balaban J connectivity index is 1.37. The third kappa shape index (κ3) is 7.70. The molecule has 9 heteroatoms. The molecular weight excluding hydrogens is 502 g/mol. The van der Waals surface area contributed by atoms with Crippen molar-refractivity contribution in [2.45, 2.75) is 45.1 Å². The molecule has 1 amide bonds. The van der Waals surface area contributed by atoms with E-state index in [-0.39, 0.29) is 23.0 Å². The van der Waals surface area contributed by atoms with Gasteiger partial charge in [-0.3, -0.25) is 4.79 Å². The van der Waals surface area contributed by atoms with E-state index in [1.807, 2.05) is 6.07 Å². The van der Waals surface area contributed by atoms with E-state index in [4.69, 9.17) is 23.4 Å². The van der Waals surface area contributed by atoms with Crippen LogP contribution in [0.15, 0.2) is 57.8 Å². The Labute approximate surface area is 226 Å². The maximum atomic E-state index is 12.5. The molecule has 1 saturated heterocycles. The monoisotopic (exact) mass is 535 g/mol. The summed E-state index contributed by atoms with van der Waals surface area (Å²) in [5.74, 6) is 0.292. The van der Waals surface area contributed by atoms with Crippen LogP contribution < -0.4 is 25.2 Å². The highest BCUT2D eigenvalue weighted by atomic mass is 16.5. The number of benzene rings is 2. The van der Waals surface area contributed by atoms with Gasteiger partial charge >= 0.3 is 11.6 Å². The summed E-state index contributed by atoms with van der Waals surface area (Å²) < 4.78 is 27.4. The van der Waals surface area contributed by atoms with E-state index >= 15 is 0 Å². The first kappa shape index (κ1) is 27.9. The number of ether oxygens (including phenoxy) is 4. The third-order valence-corrected chi connectivity index (χ3v) is 6.29. The molecule has 0 saturated carbocycles. The summed E-state index contributed by atoms with van der Waals surface area (Å²) in [6, 6.07) is 11.5. The molecule has 206 valence electrons. The smallest absolute Gasteiger partial charge is 0.349 e. The maximum Gasteiger partial charge on any atom is 0.349 e. The van der Waals surface area contributed by atoms with Gasteiger partial charge in [0.25, 0.3) is 5.91 Å². The van der Waals surface area contributed by atoms with Crippen LogP contribution in [0.4, 0.5) is 0 Å². The zero-order valence-electron chi connectivity index (χ0n) is 22.2. The second-order valence-electron chi connectivity index (χ2n) is 9.21. The second kappa shape index (κ2) is 13.6. The number of carbonyl (C=O) groups is 2. The Bertz CT molecular complexity index is 1390. The summed E-state index contributed by atoms with van der Waals surface area (Å²) >= 11 is 0. The normalized spacial score (nSPS) is 15.0. The molecule has 1 aliphatic rings. The molecule has 1 fully saturated rings. The zero-order valence-corrected chi connectivity index (χ0v) is 22.2. The van der Waals surface area contributed by atoms with Crippen molar-refractivity contribution < 1.29 is 33.0 Å². The molecule has 9 nitrogen and oxygen atoms in total. The highest BCUT2D eigenvalue weighted by Crippen LogP contribution is 2.29. The molecule has 1 unspecified atom stereocenters. The fourth-order valence-corrected chi connectivity index (χ4v) is 4.18. The van der Waals surface area contributed by atoms with Crippen LogP contribution >= 0.6 is 0 Å². The van der Waals surface area contributed by atoms with Gasteiger partial charge in [-0.15, -0.1) is 0 Å². The van der Waals surface area contributed by atoms with Crippen LogP contribution in [-0.2, 0) is 9.53 Å². The van der Waals surface area contributed by atoms with E-state index in [1.165, 1.54) is 18.2 Å². The lowest BCUT2D eigenvalue weighted by molar-refractivity contribution is -0.128. The highest BCUT2D eigenvalue weighted by Gasteiger charge is 2.19. The number of unbranched alkanes of at least 4 members (excludes halogenated alkanes) is 2. The minimum Gasteiger partial charge on any atom is -0.493 e. The van der Waals surface area contributed by atoms with E-state index in [1.54, 1.807) is 37.5 Å². The lowest BCUT2D eigenvalue weighted by atomic mass is 10.1. The average Bonchev–Trinajstić information content (AvgIpc) is 3.46. The van der Waals surface area contributed by atoms with Gasteiger partial charge in [0.2, 0.25) is 0 Å². The molecule has 4 rings (SSSR count). The van der Waals surface area contributed by atoms with Crippen LogP contribution in [0, 0.1) is 0 Å². The molecule has 1 aromatic heterocycles. The first-order valence-electron chi connectivity index (χ1n) is 13.1. The van der Waals surface area contributed by atoms with Gasteiger partial charge in [0.05, 0.1) is 19.8 Å². The van der Waals surface area contributed by atoms with Crippen molar-refractivity contribution in [3.05, 3.63) is 70.1 Å². The Kier molecular flexibility index (Phi) is 9.74. The Morgan fingerprint density at radius 1 is 1.10 bits per heavy atom. The van der Waals surface area contributed by atoms with Crippen molar-refractivity contribution in [1.29, 1.82) is 0 Å². The molecule has 0 aliphatic carbocycles. The number of hydrogen-bond donors (Lipinski definition) is 1. The van der Waals surface area contributed by atoms with Crippen molar-refractivity contribution in [3.8, 4) is 17.2 Å². The van der Waals surface area contributed by atoms with Gasteiger partial charge < -0.3 is 28.7 Å². The van der Waals surface area contributed by atoms with Crippen molar-refractivity contribution in [3.63, 3.8) is 0 Å². The fourth-order valence-electron chi connectivity index (χ4n) is 4.18. The van der Waals surface area contributed by atoms with Crippen LogP contribution in [0.2, 0.25) is 0 Å². The topological polar surface area (TPSA) is 113 Å². The Hall–Kier alpha value is -4.11.